The van der Waals surface area contributed by atoms with Crippen LogP contribution in [0.25, 0.3) is 11.0 Å². The SMILES string of the molecule is CCCCc1ccc(N(C)C(C)n2nnc3ccccc32)cc1. The first kappa shape index (κ1) is 15.5. The lowest BCUT2D eigenvalue weighted by Gasteiger charge is -2.27. The van der Waals surface area contributed by atoms with Gasteiger partial charge in [-0.15, -0.1) is 5.10 Å². The van der Waals surface area contributed by atoms with E-state index in [4.69, 9.17) is 0 Å². The molecule has 0 N–H and O–H groups in total. The number of para-hydroxylation sites is 1. The third kappa shape index (κ3) is 3.21. The average molecular weight is 308 g/mol. The maximum absolute atomic E-state index is 4.32. The quantitative estimate of drug-likeness (QED) is 0.675. The first-order valence-electron chi connectivity index (χ1n) is 8.32. The van der Waals surface area contributed by atoms with Crippen molar-refractivity contribution in [3.05, 3.63) is 54.1 Å². The molecule has 4 nitrogen and oxygen atoms in total. The summed E-state index contributed by atoms with van der Waals surface area (Å²) in [6, 6.07) is 16.9. The van der Waals surface area contributed by atoms with E-state index in [1.165, 1.54) is 24.1 Å². The van der Waals surface area contributed by atoms with Gasteiger partial charge in [0, 0.05) is 12.7 Å². The van der Waals surface area contributed by atoms with Crippen LogP contribution < -0.4 is 4.90 Å². The zero-order valence-electron chi connectivity index (χ0n) is 14.1. The molecule has 0 saturated carbocycles. The molecular weight excluding hydrogens is 284 g/mol. The van der Waals surface area contributed by atoms with Crippen LogP contribution in [0, 0.1) is 0 Å². The second-order valence-corrected chi connectivity index (χ2v) is 6.04. The Morgan fingerprint density at radius 3 is 2.57 bits per heavy atom. The number of aryl methyl sites for hydroxylation is 1. The smallest absolute Gasteiger partial charge is 0.122 e. The number of unbranched alkanes of at least 4 members (excludes halogenated alkanes) is 1. The zero-order valence-corrected chi connectivity index (χ0v) is 14.1. The van der Waals surface area contributed by atoms with E-state index in [-0.39, 0.29) is 6.17 Å². The van der Waals surface area contributed by atoms with Gasteiger partial charge in [-0.05, 0) is 49.6 Å². The number of aromatic nitrogens is 3. The summed E-state index contributed by atoms with van der Waals surface area (Å²) in [5.41, 5.74) is 4.59. The van der Waals surface area contributed by atoms with Gasteiger partial charge in [-0.25, -0.2) is 4.68 Å². The van der Waals surface area contributed by atoms with E-state index in [9.17, 15) is 0 Å². The lowest BCUT2D eigenvalue weighted by molar-refractivity contribution is 0.484. The number of fused-ring (bicyclic) bond motifs is 1. The summed E-state index contributed by atoms with van der Waals surface area (Å²) in [7, 11) is 2.10. The summed E-state index contributed by atoms with van der Waals surface area (Å²) < 4.78 is 1.97. The first-order valence-corrected chi connectivity index (χ1v) is 8.32. The largest absolute Gasteiger partial charge is 0.353 e. The van der Waals surface area contributed by atoms with Crippen LogP contribution in [0.4, 0.5) is 5.69 Å². The minimum atomic E-state index is 0.101. The molecule has 1 atom stereocenters. The fraction of sp³-hybridized carbons (Fsp3) is 0.368. The molecule has 120 valence electrons. The summed E-state index contributed by atoms with van der Waals surface area (Å²) in [6.07, 6.45) is 3.74. The van der Waals surface area contributed by atoms with Gasteiger partial charge in [-0.3, -0.25) is 0 Å². The van der Waals surface area contributed by atoms with Gasteiger partial charge in [-0.2, -0.15) is 0 Å². The summed E-state index contributed by atoms with van der Waals surface area (Å²) in [6.45, 7) is 4.37. The average Bonchev–Trinajstić information content (AvgIpc) is 3.03. The van der Waals surface area contributed by atoms with E-state index < -0.39 is 0 Å². The number of rotatable bonds is 6. The highest BCUT2D eigenvalue weighted by molar-refractivity contribution is 5.74. The van der Waals surface area contributed by atoms with E-state index in [1.54, 1.807) is 0 Å². The predicted octanol–water partition coefficient (Wildman–Crippen LogP) is 4.43. The summed E-state index contributed by atoms with van der Waals surface area (Å²) >= 11 is 0. The molecule has 1 aromatic heterocycles. The molecular formula is C19H24N4. The predicted molar refractivity (Wildman–Crippen MR) is 95.7 cm³/mol. The Labute approximate surface area is 137 Å². The molecule has 4 heteroatoms. The van der Waals surface area contributed by atoms with Gasteiger partial charge in [0.25, 0.3) is 0 Å². The first-order chi connectivity index (χ1) is 11.2. The van der Waals surface area contributed by atoms with Gasteiger partial charge in [0.15, 0.2) is 0 Å². The molecule has 0 bridgehead atoms. The van der Waals surface area contributed by atoms with Gasteiger partial charge >= 0.3 is 0 Å². The molecule has 3 aromatic rings. The van der Waals surface area contributed by atoms with E-state index in [0.717, 1.165) is 17.5 Å². The van der Waals surface area contributed by atoms with Crippen LogP contribution in [0.2, 0.25) is 0 Å². The van der Waals surface area contributed by atoms with Crippen LogP contribution in [0.1, 0.15) is 38.4 Å². The van der Waals surface area contributed by atoms with E-state index in [0.29, 0.717) is 0 Å². The van der Waals surface area contributed by atoms with Crippen LogP contribution in [0.15, 0.2) is 48.5 Å². The van der Waals surface area contributed by atoms with E-state index >= 15 is 0 Å². The number of nitrogens with zero attached hydrogens (tertiary/aromatic N) is 4. The Morgan fingerprint density at radius 2 is 1.83 bits per heavy atom. The lowest BCUT2D eigenvalue weighted by atomic mass is 10.1. The Bertz CT molecular complexity index is 760. The maximum Gasteiger partial charge on any atom is 0.122 e. The second-order valence-electron chi connectivity index (χ2n) is 6.04. The highest BCUT2D eigenvalue weighted by Gasteiger charge is 2.15. The minimum Gasteiger partial charge on any atom is -0.353 e. The van der Waals surface area contributed by atoms with Crippen molar-refractivity contribution in [3.63, 3.8) is 0 Å². The Kier molecular flexibility index (Phi) is 4.60. The fourth-order valence-corrected chi connectivity index (χ4v) is 2.82. The molecule has 0 saturated heterocycles. The van der Waals surface area contributed by atoms with Crippen LogP contribution in [-0.2, 0) is 6.42 Å². The van der Waals surface area contributed by atoms with Gasteiger partial charge in [0.05, 0.1) is 5.52 Å². The van der Waals surface area contributed by atoms with Crippen molar-refractivity contribution in [3.8, 4) is 0 Å². The van der Waals surface area contributed by atoms with Gasteiger partial charge in [0.2, 0.25) is 0 Å². The lowest BCUT2D eigenvalue weighted by Crippen LogP contribution is -2.27. The van der Waals surface area contributed by atoms with Crippen molar-refractivity contribution in [1.29, 1.82) is 0 Å². The molecule has 0 aliphatic rings. The molecule has 0 amide bonds. The number of benzene rings is 2. The van der Waals surface area contributed by atoms with Crippen molar-refractivity contribution >= 4 is 16.7 Å². The van der Waals surface area contributed by atoms with E-state index in [2.05, 4.69) is 66.4 Å². The van der Waals surface area contributed by atoms with Crippen molar-refractivity contribution in [2.24, 2.45) is 0 Å². The van der Waals surface area contributed by atoms with Crippen molar-refractivity contribution < 1.29 is 0 Å². The van der Waals surface area contributed by atoms with Gasteiger partial charge in [0.1, 0.15) is 11.7 Å². The number of hydrogen-bond acceptors (Lipinski definition) is 3. The summed E-state index contributed by atoms with van der Waals surface area (Å²) in [5, 5.41) is 8.57. The standard InChI is InChI=1S/C19H24N4/c1-4-5-8-16-11-13-17(14-12-16)22(3)15(2)23-19-10-7-6-9-18(19)20-21-23/h6-7,9-15H,4-5,8H2,1-3H3. The molecule has 0 aliphatic heterocycles. The van der Waals surface area contributed by atoms with Gasteiger partial charge in [-0.1, -0.05) is 42.8 Å². The van der Waals surface area contributed by atoms with Crippen LogP contribution in [0.5, 0.6) is 0 Å². The molecule has 2 aromatic carbocycles. The highest BCUT2D eigenvalue weighted by Crippen LogP contribution is 2.24. The Hall–Kier alpha value is -2.36. The molecule has 23 heavy (non-hydrogen) atoms. The minimum absolute atomic E-state index is 0.101. The highest BCUT2D eigenvalue weighted by atomic mass is 15.5. The monoisotopic (exact) mass is 308 g/mol. The second kappa shape index (κ2) is 6.82. The third-order valence-corrected chi connectivity index (χ3v) is 4.45. The van der Waals surface area contributed by atoms with Crippen LogP contribution in [-0.4, -0.2) is 22.0 Å². The normalized spacial score (nSPS) is 12.5. The van der Waals surface area contributed by atoms with Crippen LogP contribution >= 0.6 is 0 Å². The third-order valence-electron chi connectivity index (χ3n) is 4.45. The Morgan fingerprint density at radius 1 is 1.09 bits per heavy atom. The molecule has 1 unspecified atom stereocenters. The van der Waals surface area contributed by atoms with Crippen molar-refractivity contribution in [1.82, 2.24) is 15.0 Å². The molecule has 1 heterocycles. The van der Waals surface area contributed by atoms with Crippen LogP contribution in [0.3, 0.4) is 0 Å². The molecule has 3 rings (SSSR count). The topological polar surface area (TPSA) is 34.0 Å². The maximum atomic E-state index is 4.32. The van der Waals surface area contributed by atoms with Crippen molar-refractivity contribution in [2.45, 2.75) is 39.3 Å². The van der Waals surface area contributed by atoms with E-state index in [1.807, 2.05) is 22.9 Å². The number of anilines is 1. The fourth-order valence-electron chi connectivity index (χ4n) is 2.82. The molecule has 0 spiro atoms. The summed E-state index contributed by atoms with van der Waals surface area (Å²) in [5.74, 6) is 0. The van der Waals surface area contributed by atoms with Crippen molar-refractivity contribution in [2.75, 3.05) is 11.9 Å². The Balaban J connectivity index is 1.80. The van der Waals surface area contributed by atoms with Gasteiger partial charge < -0.3 is 4.90 Å². The summed E-state index contributed by atoms with van der Waals surface area (Å²) in [4.78, 5) is 2.23. The zero-order chi connectivity index (χ0) is 16.2. The molecule has 0 radical (unpaired) electrons. The molecule has 0 fully saturated rings. The number of hydrogen-bond donors (Lipinski definition) is 0. The molecule has 0 aliphatic carbocycles.